The fourth-order valence-electron chi connectivity index (χ4n) is 3.98. The highest BCUT2D eigenvalue weighted by atomic mass is 16.5. The number of aryl methyl sites for hydroxylation is 1. The van der Waals surface area contributed by atoms with E-state index in [1.807, 2.05) is 11.8 Å². The molecule has 2 bridgehead atoms. The number of carbonyl (C=O) groups is 1. The lowest BCUT2D eigenvalue weighted by atomic mass is 9.94. The van der Waals surface area contributed by atoms with E-state index in [2.05, 4.69) is 40.4 Å². The minimum absolute atomic E-state index is 0.0194. The van der Waals surface area contributed by atoms with Crippen molar-refractivity contribution >= 4 is 5.91 Å². The van der Waals surface area contributed by atoms with Gasteiger partial charge in [-0.2, -0.15) is 0 Å². The summed E-state index contributed by atoms with van der Waals surface area (Å²) in [4.78, 5) is 17.2. The minimum Gasteiger partial charge on any atom is -0.351 e. The van der Waals surface area contributed by atoms with Gasteiger partial charge in [0, 0.05) is 38.3 Å². The van der Waals surface area contributed by atoms with E-state index in [1.165, 1.54) is 12.0 Å². The summed E-state index contributed by atoms with van der Waals surface area (Å²) in [5, 5.41) is 3.85. The van der Waals surface area contributed by atoms with Gasteiger partial charge < -0.3 is 9.42 Å². The highest BCUT2D eigenvalue weighted by Crippen LogP contribution is 2.30. The van der Waals surface area contributed by atoms with Crippen molar-refractivity contribution in [3.63, 3.8) is 0 Å². The quantitative estimate of drug-likeness (QED) is 0.871. The molecule has 2 aromatic rings. The Bertz CT molecular complexity index is 712. The second kappa shape index (κ2) is 6.40. The van der Waals surface area contributed by atoms with Crippen LogP contribution in [-0.2, 0) is 6.54 Å². The molecule has 5 rings (SSSR count). The SMILES string of the molecule is Cc1cc(C(=O)N2C[C@H]3CC[C@@H](C2)N(Cc2ccccc2)C3)on1. The van der Waals surface area contributed by atoms with Crippen LogP contribution >= 0.6 is 0 Å². The average Bonchev–Trinajstić information content (AvgIpc) is 2.83. The van der Waals surface area contributed by atoms with Crippen LogP contribution < -0.4 is 0 Å². The molecule has 126 valence electrons. The largest absolute Gasteiger partial charge is 0.351 e. The van der Waals surface area contributed by atoms with Crippen molar-refractivity contribution in [2.24, 2.45) is 5.92 Å². The number of amides is 1. The van der Waals surface area contributed by atoms with Crippen molar-refractivity contribution in [3.05, 3.63) is 53.4 Å². The van der Waals surface area contributed by atoms with Gasteiger partial charge in [0.2, 0.25) is 5.76 Å². The number of aromatic nitrogens is 1. The Morgan fingerprint density at radius 2 is 2.04 bits per heavy atom. The van der Waals surface area contributed by atoms with Crippen molar-refractivity contribution in [2.45, 2.75) is 32.4 Å². The fourth-order valence-corrected chi connectivity index (χ4v) is 3.98. The van der Waals surface area contributed by atoms with Gasteiger partial charge in [-0.1, -0.05) is 35.5 Å². The predicted molar refractivity (Wildman–Crippen MR) is 90.5 cm³/mol. The van der Waals surface area contributed by atoms with E-state index in [9.17, 15) is 4.79 Å². The Balaban J connectivity index is 1.49. The molecule has 1 amide bonds. The molecule has 1 aromatic carbocycles. The maximum atomic E-state index is 12.7. The Labute approximate surface area is 142 Å². The number of piperidine rings is 1. The summed E-state index contributed by atoms with van der Waals surface area (Å²) in [5.41, 5.74) is 2.09. The molecule has 0 unspecified atom stereocenters. The first-order valence-electron chi connectivity index (χ1n) is 8.69. The first kappa shape index (κ1) is 15.4. The van der Waals surface area contributed by atoms with Gasteiger partial charge in [-0.05, 0) is 31.2 Å². The van der Waals surface area contributed by atoms with Crippen LogP contribution in [0.5, 0.6) is 0 Å². The van der Waals surface area contributed by atoms with Crippen LogP contribution in [0.3, 0.4) is 0 Å². The maximum absolute atomic E-state index is 12.7. The smallest absolute Gasteiger partial charge is 0.292 e. The standard InChI is InChI=1S/C19H23N3O2/c1-14-9-18(24-20-14)19(23)22-12-16-7-8-17(13-22)21(11-16)10-15-5-3-2-4-6-15/h2-6,9,16-17H,7-8,10-13H2,1H3/t16-,17-/m0/s1. The summed E-state index contributed by atoms with van der Waals surface area (Å²) >= 11 is 0. The summed E-state index contributed by atoms with van der Waals surface area (Å²) < 4.78 is 5.18. The molecule has 1 aromatic heterocycles. The molecule has 0 N–H and O–H groups in total. The Morgan fingerprint density at radius 3 is 2.79 bits per heavy atom. The highest BCUT2D eigenvalue weighted by Gasteiger charge is 2.37. The summed E-state index contributed by atoms with van der Waals surface area (Å²) in [7, 11) is 0. The van der Waals surface area contributed by atoms with Gasteiger partial charge in [-0.15, -0.1) is 0 Å². The summed E-state index contributed by atoms with van der Waals surface area (Å²) in [6, 6.07) is 12.8. The van der Waals surface area contributed by atoms with Gasteiger partial charge in [-0.25, -0.2) is 0 Å². The minimum atomic E-state index is -0.0194. The number of nitrogens with zero attached hydrogens (tertiary/aromatic N) is 3. The lowest BCUT2D eigenvalue weighted by Crippen LogP contribution is -2.43. The van der Waals surface area contributed by atoms with Crippen molar-refractivity contribution in [3.8, 4) is 0 Å². The van der Waals surface area contributed by atoms with E-state index in [0.29, 0.717) is 17.7 Å². The fraction of sp³-hybridized carbons (Fsp3) is 0.474. The van der Waals surface area contributed by atoms with Gasteiger partial charge >= 0.3 is 0 Å². The van der Waals surface area contributed by atoms with Gasteiger partial charge in [0.25, 0.3) is 5.91 Å². The van der Waals surface area contributed by atoms with Crippen LogP contribution in [0.2, 0.25) is 0 Å². The van der Waals surface area contributed by atoms with Gasteiger partial charge in [0.05, 0.1) is 5.69 Å². The Morgan fingerprint density at radius 1 is 1.21 bits per heavy atom. The van der Waals surface area contributed by atoms with E-state index in [-0.39, 0.29) is 5.91 Å². The van der Waals surface area contributed by atoms with Gasteiger partial charge in [0.15, 0.2) is 0 Å². The third-order valence-electron chi connectivity index (χ3n) is 5.18. The number of fused-ring (bicyclic) bond motifs is 4. The first-order valence-corrected chi connectivity index (χ1v) is 8.69. The summed E-state index contributed by atoms with van der Waals surface area (Å²) in [6.45, 7) is 5.47. The number of benzene rings is 1. The zero-order valence-electron chi connectivity index (χ0n) is 14.0. The monoisotopic (exact) mass is 325 g/mol. The molecule has 0 radical (unpaired) electrons. The zero-order chi connectivity index (χ0) is 16.5. The van der Waals surface area contributed by atoms with Crippen molar-refractivity contribution in [1.82, 2.24) is 15.0 Å². The molecule has 2 atom stereocenters. The molecule has 5 nitrogen and oxygen atoms in total. The van der Waals surface area contributed by atoms with E-state index < -0.39 is 0 Å². The Hall–Kier alpha value is -2.14. The lowest BCUT2D eigenvalue weighted by Gasteiger charge is -2.36. The van der Waals surface area contributed by atoms with Gasteiger partial charge in [-0.3, -0.25) is 9.69 Å². The third kappa shape index (κ3) is 3.08. The van der Waals surface area contributed by atoms with Crippen molar-refractivity contribution < 1.29 is 9.32 Å². The normalized spacial score (nSPS) is 24.1. The number of hydrogen-bond donors (Lipinski definition) is 0. The zero-order valence-corrected chi connectivity index (χ0v) is 14.0. The lowest BCUT2D eigenvalue weighted by molar-refractivity contribution is 0.0694. The third-order valence-corrected chi connectivity index (χ3v) is 5.18. The predicted octanol–water partition coefficient (Wildman–Crippen LogP) is 2.72. The average molecular weight is 325 g/mol. The van der Waals surface area contributed by atoms with E-state index in [0.717, 1.165) is 38.3 Å². The molecule has 4 heterocycles. The maximum Gasteiger partial charge on any atom is 0.292 e. The van der Waals surface area contributed by atoms with Crippen LogP contribution in [0.15, 0.2) is 40.9 Å². The second-order valence-corrected chi connectivity index (χ2v) is 7.05. The van der Waals surface area contributed by atoms with Crippen LogP contribution in [0.25, 0.3) is 0 Å². The van der Waals surface area contributed by atoms with Crippen LogP contribution in [0.1, 0.15) is 34.7 Å². The summed E-state index contributed by atoms with van der Waals surface area (Å²) in [5.74, 6) is 0.887. The number of hydrogen-bond acceptors (Lipinski definition) is 4. The van der Waals surface area contributed by atoms with E-state index >= 15 is 0 Å². The van der Waals surface area contributed by atoms with E-state index in [4.69, 9.17) is 4.52 Å². The van der Waals surface area contributed by atoms with Crippen molar-refractivity contribution in [2.75, 3.05) is 19.6 Å². The summed E-state index contributed by atoms with van der Waals surface area (Å²) in [6.07, 6.45) is 2.37. The molecule has 3 saturated heterocycles. The molecule has 3 aliphatic rings. The number of rotatable bonds is 3. The highest BCUT2D eigenvalue weighted by molar-refractivity contribution is 5.91. The first-order chi connectivity index (χ1) is 11.7. The molecule has 5 heteroatoms. The van der Waals surface area contributed by atoms with Crippen LogP contribution in [0, 0.1) is 12.8 Å². The molecule has 3 fully saturated rings. The van der Waals surface area contributed by atoms with Gasteiger partial charge in [0.1, 0.15) is 0 Å². The van der Waals surface area contributed by atoms with Crippen molar-refractivity contribution in [1.29, 1.82) is 0 Å². The molecular weight excluding hydrogens is 302 g/mol. The number of carbonyl (C=O) groups excluding carboxylic acids is 1. The van der Waals surface area contributed by atoms with Crippen LogP contribution in [0.4, 0.5) is 0 Å². The Kier molecular flexibility index (Phi) is 4.10. The molecule has 3 aliphatic heterocycles. The second-order valence-electron chi connectivity index (χ2n) is 7.05. The van der Waals surface area contributed by atoms with E-state index in [1.54, 1.807) is 6.07 Å². The molecule has 0 saturated carbocycles. The molecule has 24 heavy (non-hydrogen) atoms. The molecular formula is C19H23N3O2. The topological polar surface area (TPSA) is 49.6 Å². The molecule has 0 spiro atoms. The van der Waals surface area contributed by atoms with Crippen LogP contribution in [-0.4, -0.2) is 46.5 Å². The molecule has 0 aliphatic carbocycles.